The Bertz CT molecular complexity index is 1390. The Morgan fingerprint density at radius 2 is 1.11 bits per heavy atom. The maximum atomic E-state index is 11.6. The highest BCUT2D eigenvalue weighted by molar-refractivity contribution is 5.75. The van der Waals surface area contributed by atoms with Gasteiger partial charge in [0.2, 0.25) is 17.7 Å². The minimum absolute atomic E-state index is 0.0175. The van der Waals surface area contributed by atoms with Gasteiger partial charge in [0.15, 0.2) is 11.6 Å². The van der Waals surface area contributed by atoms with E-state index >= 15 is 0 Å². The third kappa shape index (κ3) is 16.5. The number of urea groups is 2. The molecule has 17 nitrogen and oxygen atoms in total. The van der Waals surface area contributed by atoms with Gasteiger partial charge < -0.3 is 34.6 Å². The molecule has 2 aromatic rings. The summed E-state index contributed by atoms with van der Waals surface area (Å²) in [5.41, 5.74) is 1.67. The van der Waals surface area contributed by atoms with Crippen LogP contribution in [0.2, 0.25) is 0 Å². The van der Waals surface area contributed by atoms with Gasteiger partial charge in [0, 0.05) is 46.4 Å². The summed E-state index contributed by atoms with van der Waals surface area (Å²) in [4.78, 5) is 57.4. The van der Waals surface area contributed by atoms with Crippen LogP contribution in [0.5, 0.6) is 0 Å². The van der Waals surface area contributed by atoms with Crippen molar-refractivity contribution in [1.82, 2.24) is 46.2 Å². The van der Waals surface area contributed by atoms with Crippen molar-refractivity contribution in [2.45, 2.75) is 141 Å². The molecule has 53 heavy (non-hydrogen) atoms. The lowest BCUT2D eigenvalue weighted by molar-refractivity contribution is -0.137. The van der Waals surface area contributed by atoms with Crippen molar-refractivity contribution in [3.8, 4) is 0 Å². The molecule has 0 unspecified atom stereocenters. The number of hydrogen-bond acceptors (Lipinski definition) is 11. The van der Waals surface area contributed by atoms with E-state index in [1.807, 2.05) is 0 Å². The van der Waals surface area contributed by atoms with Crippen LogP contribution in [-0.4, -0.2) is 92.5 Å². The topological polar surface area (TPSA) is 229 Å². The number of carbonyl (C=O) groups is 4. The minimum Gasteiger partial charge on any atom is -0.481 e. The largest absolute Gasteiger partial charge is 0.481 e. The van der Waals surface area contributed by atoms with Crippen LogP contribution < -0.4 is 16.1 Å². The number of hydrogen-bond donors (Lipinski definition) is 5. The first-order chi connectivity index (χ1) is 25.4. The Kier molecular flexibility index (Phi) is 19.0. The first kappa shape index (κ1) is 43.1. The zero-order chi connectivity index (χ0) is 38.6. The molecule has 4 rings (SSSR count). The average molecular weight is 748 g/mol. The molecule has 2 aliphatic carbocycles. The van der Waals surface area contributed by atoms with Gasteiger partial charge in [-0.1, -0.05) is 100 Å². The van der Waals surface area contributed by atoms with Crippen molar-refractivity contribution < 1.29 is 38.5 Å². The van der Waals surface area contributed by atoms with Gasteiger partial charge in [-0.2, -0.15) is 9.97 Å². The minimum atomic E-state index is -0.867. The third-order valence-electron chi connectivity index (χ3n) is 10.0. The number of carbonyl (C=O) groups excluding carboxylic acids is 3. The standard InChI is InChI=1S/C18H31N5O4.C18H30N4O4/c1-23(2)18(25)19-12-15-20-17(27-22-15)14(11-16(24)21-26)10-6-9-13-7-4-3-5-8-13;1-22(2)18(25)19-12-15-20-17(26-21-15)14(11-16(23)24)10-6-9-13-7-4-3-5-8-13/h13-14,26H,3-12H2,1-2H3,(H,19,25)(H,21,24);13-14H,3-12H2,1-2H3,(H,19,25)(H,23,24)/t2*14-/m11/s1. The van der Waals surface area contributed by atoms with Crippen LogP contribution in [0.3, 0.4) is 0 Å². The molecular weight excluding hydrogens is 686 g/mol. The second-order valence-corrected chi connectivity index (χ2v) is 14.8. The van der Waals surface area contributed by atoms with Gasteiger partial charge in [-0.25, -0.2) is 15.1 Å². The first-order valence-electron chi connectivity index (χ1n) is 19.1. The van der Waals surface area contributed by atoms with Crippen LogP contribution in [0.4, 0.5) is 9.59 Å². The lowest BCUT2D eigenvalue weighted by Crippen LogP contribution is -2.34. The van der Waals surface area contributed by atoms with Crippen molar-refractivity contribution in [2.24, 2.45) is 11.8 Å². The molecule has 2 atom stereocenters. The summed E-state index contributed by atoms with van der Waals surface area (Å²) < 4.78 is 10.6. The molecule has 0 radical (unpaired) electrons. The molecular formula is C36H61N9O8. The van der Waals surface area contributed by atoms with E-state index in [1.165, 1.54) is 74.0 Å². The Labute approximate surface area is 312 Å². The Balaban J connectivity index is 0.000000286. The van der Waals surface area contributed by atoms with E-state index in [9.17, 15) is 24.3 Å². The van der Waals surface area contributed by atoms with E-state index in [0.29, 0.717) is 23.4 Å². The quantitative estimate of drug-likeness (QED) is 0.0911. The van der Waals surface area contributed by atoms with Crippen molar-refractivity contribution in [3.05, 3.63) is 23.4 Å². The number of amides is 5. The average Bonchev–Trinajstić information content (AvgIpc) is 3.83. The summed E-state index contributed by atoms with van der Waals surface area (Å²) in [5.74, 6) is 1.13. The molecule has 2 heterocycles. The van der Waals surface area contributed by atoms with Gasteiger partial charge in [0.1, 0.15) is 0 Å². The molecule has 0 bridgehead atoms. The van der Waals surface area contributed by atoms with Gasteiger partial charge in [-0.3, -0.25) is 14.8 Å². The van der Waals surface area contributed by atoms with Crippen LogP contribution in [0.1, 0.15) is 151 Å². The molecule has 0 saturated heterocycles. The molecule has 0 aromatic carbocycles. The molecule has 5 N–H and O–H groups in total. The number of carboxylic acids is 1. The highest BCUT2D eigenvalue weighted by Crippen LogP contribution is 2.32. The van der Waals surface area contributed by atoms with Crippen molar-refractivity contribution >= 4 is 23.9 Å². The Morgan fingerprint density at radius 1 is 0.698 bits per heavy atom. The first-order valence-corrected chi connectivity index (χ1v) is 19.1. The van der Waals surface area contributed by atoms with Crippen molar-refractivity contribution in [1.29, 1.82) is 0 Å². The molecule has 2 saturated carbocycles. The fourth-order valence-electron chi connectivity index (χ4n) is 7.00. The summed E-state index contributed by atoms with van der Waals surface area (Å²) in [6.07, 6.45) is 18.9. The third-order valence-corrected chi connectivity index (χ3v) is 10.0. The summed E-state index contributed by atoms with van der Waals surface area (Å²) in [6.45, 7) is 0.309. The molecule has 2 aliphatic rings. The molecule has 2 aromatic heterocycles. The van der Waals surface area contributed by atoms with E-state index in [1.54, 1.807) is 33.7 Å². The lowest BCUT2D eigenvalue weighted by atomic mass is 9.84. The molecule has 2 fully saturated rings. The van der Waals surface area contributed by atoms with Gasteiger partial charge in [0.25, 0.3) is 0 Å². The number of aromatic nitrogens is 4. The molecule has 0 aliphatic heterocycles. The van der Waals surface area contributed by atoms with Gasteiger partial charge in [-0.05, 0) is 24.7 Å². The highest BCUT2D eigenvalue weighted by atomic mass is 16.5. The molecule has 5 amide bonds. The monoisotopic (exact) mass is 747 g/mol. The van der Waals surface area contributed by atoms with Crippen LogP contribution in [0, 0.1) is 11.8 Å². The number of aliphatic carboxylic acids is 1. The van der Waals surface area contributed by atoms with Crippen molar-refractivity contribution in [3.63, 3.8) is 0 Å². The second kappa shape index (κ2) is 23.4. The predicted molar refractivity (Wildman–Crippen MR) is 194 cm³/mol. The van der Waals surface area contributed by atoms with Crippen molar-refractivity contribution in [2.75, 3.05) is 28.2 Å². The van der Waals surface area contributed by atoms with E-state index in [4.69, 9.17) is 14.3 Å². The normalized spacial score (nSPS) is 16.1. The van der Waals surface area contributed by atoms with Crippen LogP contribution in [-0.2, 0) is 22.7 Å². The number of carboxylic acid groups (broad SMARTS) is 1. The smallest absolute Gasteiger partial charge is 0.317 e. The second-order valence-electron chi connectivity index (χ2n) is 14.8. The predicted octanol–water partition coefficient (Wildman–Crippen LogP) is 5.72. The highest BCUT2D eigenvalue weighted by Gasteiger charge is 2.25. The Morgan fingerprint density at radius 3 is 1.49 bits per heavy atom. The number of nitrogens with one attached hydrogen (secondary N) is 3. The summed E-state index contributed by atoms with van der Waals surface area (Å²) in [5, 5.41) is 31.1. The SMILES string of the molecule is CN(C)C(=O)NCc1noc([C@H](CCCC2CCCCC2)CC(=O)NO)n1.CN(C)C(=O)NCc1noc([C@H](CCCC2CCCCC2)CC(=O)O)n1. The Hall–Kier alpha value is -4.28. The van der Waals surface area contributed by atoms with Crippen LogP contribution >= 0.6 is 0 Å². The number of hydroxylamine groups is 1. The van der Waals surface area contributed by atoms with E-state index in [-0.39, 0.29) is 49.8 Å². The maximum Gasteiger partial charge on any atom is 0.317 e. The fourth-order valence-corrected chi connectivity index (χ4v) is 7.00. The fraction of sp³-hybridized carbons (Fsp3) is 0.778. The molecule has 298 valence electrons. The summed E-state index contributed by atoms with van der Waals surface area (Å²) in [7, 11) is 6.58. The van der Waals surface area contributed by atoms with Crippen LogP contribution in [0.25, 0.3) is 0 Å². The summed E-state index contributed by atoms with van der Waals surface area (Å²) >= 11 is 0. The zero-order valence-corrected chi connectivity index (χ0v) is 32.0. The van der Waals surface area contributed by atoms with E-state index in [0.717, 1.165) is 50.4 Å². The molecule has 17 heteroatoms. The van der Waals surface area contributed by atoms with Gasteiger partial charge in [0.05, 0.1) is 19.5 Å². The maximum absolute atomic E-state index is 11.6. The number of rotatable bonds is 18. The zero-order valence-electron chi connectivity index (χ0n) is 32.0. The van der Waals surface area contributed by atoms with Gasteiger partial charge >= 0.3 is 18.0 Å². The lowest BCUT2D eigenvalue weighted by Gasteiger charge is -2.22. The molecule has 0 spiro atoms. The van der Waals surface area contributed by atoms with E-state index < -0.39 is 11.9 Å². The van der Waals surface area contributed by atoms with Gasteiger partial charge in [-0.15, -0.1) is 0 Å². The summed E-state index contributed by atoms with van der Waals surface area (Å²) in [6, 6.07) is -0.490. The number of nitrogens with zero attached hydrogens (tertiary/aromatic N) is 6. The van der Waals surface area contributed by atoms with Crippen LogP contribution in [0.15, 0.2) is 9.05 Å². The van der Waals surface area contributed by atoms with E-state index in [2.05, 4.69) is 30.9 Å².